The van der Waals surface area contributed by atoms with Gasteiger partial charge in [0.1, 0.15) is 5.75 Å². The third-order valence-electron chi connectivity index (χ3n) is 3.42. The Labute approximate surface area is 124 Å². The van der Waals surface area contributed by atoms with Gasteiger partial charge in [-0.2, -0.15) is 0 Å². The van der Waals surface area contributed by atoms with Crippen LogP contribution in [0.1, 0.15) is 22.7 Å². The number of methoxy groups -OCH3 is 1. The van der Waals surface area contributed by atoms with E-state index in [4.69, 9.17) is 22.2 Å². The van der Waals surface area contributed by atoms with Gasteiger partial charge in [0.15, 0.2) is 0 Å². The van der Waals surface area contributed by atoms with E-state index in [9.17, 15) is 0 Å². The molecule has 0 amide bonds. The molecule has 1 atom stereocenters. The SMILES string of the molecule is COc1cc(C(Cc2ccccc2Cl)NN)ccc1C. The minimum absolute atomic E-state index is 0.00981. The zero-order chi connectivity index (χ0) is 14.5. The van der Waals surface area contributed by atoms with Gasteiger partial charge in [-0.1, -0.05) is 41.9 Å². The first-order valence-electron chi connectivity index (χ1n) is 6.49. The number of hydrogen-bond acceptors (Lipinski definition) is 3. The minimum atomic E-state index is -0.00981. The van der Waals surface area contributed by atoms with Crippen molar-refractivity contribution in [2.45, 2.75) is 19.4 Å². The van der Waals surface area contributed by atoms with E-state index < -0.39 is 0 Å². The Hall–Kier alpha value is -1.55. The molecule has 0 aromatic heterocycles. The zero-order valence-electron chi connectivity index (χ0n) is 11.7. The lowest BCUT2D eigenvalue weighted by Crippen LogP contribution is -2.29. The number of rotatable bonds is 5. The maximum absolute atomic E-state index is 6.20. The molecule has 2 aromatic carbocycles. The number of halogens is 1. The summed E-state index contributed by atoms with van der Waals surface area (Å²) in [6.07, 6.45) is 0.725. The molecule has 0 spiro atoms. The Kier molecular flexibility index (Phi) is 5.01. The van der Waals surface area contributed by atoms with Crippen LogP contribution >= 0.6 is 11.6 Å². The lowest BCUT2D eigenvalue weighted by molar-refractivity contribution is 0.410. The number of benzene rings is 2. The normalized spacial score (nSPS) is 12.2. The fraction of sp³-hybridized carbons (Fsp3) is 0.250. The number of nitrogens with one attached hydrogen (secondary N) is 1. The Morgan fingerprint density at radius 2 is 2.00 bits per heavy atom. The molecule has 0 aliphatic heterocycles. The van der Waals surface area contributed by atoms with E-state index >= 15 is 0 Å². The second kappa shape index (κ2) is 6.75. The van der Waals surface area contributed by atoms with Crippen LogP contribution in [0.4, 0.5) is 0 Å². The van der Waals surface area contributed by atoms with Gasteiger partial charge in [-0.25, -0.2) is 0 Å². The predicted octanol–water partition coefficient (Wildman–Crippen LogP) is 3.40. The maximum atomic E-state index is 6.20. The van der Waals surface area contributed by atoms with Gasteiger partial charge in [-0.05, 0) is 42.2 Å². The van der Waals surface area contributed by atoms with Crippen LogP contribution in [-0.2, 0) is 6.42 Å². The molecule has 3 nitrogen and oxygen atoms in total. The monoisotopic (exact) mass is 290 g/mol. The molecule has 4 heteroatoms. The van der Waals surface area contributed by atoms with E-state index in [2.05, 4.69) is 11.5 Å². The van der Waals surface area contributed by atoms with E-state index in [-0.39, 0.29) is 6.04 Å². The van der Waals surface area contributed by atoms with E-state index in [0.717, 1.165) is 33.9 Å². The summed E-state index contributed by atoms with van der Waals surface area (Å²) in [6.45, 7) is 2.02. The summed E-state index contributed by atoms with van der Waals surface area (Å²) < 4.78 is 5.36. The molecular formula is C16H19ClN2O. The molecular weight excluding hydrogens is 272 g/mol. The number of nitrogens with two attached hydrogens (primary N) is 1. The molecule has 0 radical (unpaired) electrons. The van der Waals surface area contributed by atoms with E-state index in [1.165, 1.54) is 0 Å². The van der Waals surface area contributed by atoms with Crippen LogP contribution < -0.4 is 16.0 Å². The highest BCUT2D eigenvalue weighted by molar-refractivity contribution is 6.31. The molecule has 0 aliphatic rings. The van der Waals surface area contributed by atoms with Crippen molar-refractivity contribution in [2.75, 3.05) is 7.11 Å². The van der Waals surface area contributed by atoms with Crippen molar-refractivity contribution in [2.24, 2.45) is 5.84 Å². The Balaban J connectivity index is 2.26. The first kappa shape index (κ1) is 14.9. The molecule has 0 aliphatic carbocycles. The minimum Gasteiger partial charge on any atom is -0.496 e. The topological polar surface area (TPSA) is 47.3 Å². The van der Waals surface area contributed by atoms with Crippen LogP contribution in [-0.4, -0.2) is 7.11 Å². The quantitative estimate of drug-likeness (QED) is 0.655. The molecule has 0 heterocycles. The average Bonchev–Trinajstić information content (AvgIpc) is 2.47. The molecule has 2 aromatic rings. The van der Waals surface area contributed by atoms with Crippen molar-refractivity contribution in [3.63, 3.8) is 0 Å². The van der Waals surface area contributed by atoms with Crippen LogP contribution in [0.5, 0.6) is 5.75 Å². The molecule has 0 fully saturated rings. The van der Waals surface area contributed by atoms with Crippen LogP contribution in [0.3, 0.4) is 0 Å². The molecule has 0 saturated heterocycles. The number of hydrazine groups is 1. The van der Waals surface area contributed by atoms with Crippen LogP contribution in [0.15, 0.2) is 42.5 Å². The largest absolute Gasteiger partial charge is 0.496 e. The molecule has 0 bridgehead atoms. The van der Waals surface area contributed by atoms with Gasteiger partial charge < -0.3 is 4.74 Å². The van der Waals surface area contributed by atoms with Crippen LogP contribution in [0.25, 0.3) is 0 Å². The predicted molar refractivity (Wildman–Crippen MR) is 83.0 cm³/mol. The van der Waals surface area contributed by atoms with E-state index in [1.807, 2.05) is 43.3 Å². The van der Waals surface area contributed by atoms with Crippen LogP contribution in [0, 0.1) is 6.92 Å². The Morgan fingerprint density at radius 3 is 2.65 bits per heavy atom. The van der Waals surface area contributed by atoms with E-state index in [1.54, 1.807) is 7.11 Å². The van der Waals surface area contributed by atoms with Gasteiger partial charge in [-0.15, -0.1) is 0 Å². The number of hydrogen-bond donors (Lipinski definition) is 2. The number of aryl methyl sites for hydroxylation is 1. The van der Waals surface area contributed by atoms with Gasteiger partial charge in [-0.3, -0.25) is 11.3 Å². The molecule has 3 N–H and O–H groups in total. The molecule has 20 heavy (non-hydrogen) atoms. The first-order valence-corrected chi connectivity index (χ1v) is 6.87. The lowest BCUT2D eigenvalue weighted by atomic mass is 9.98. The second-order valence-corrected chi connectivity index (χ2v) is 5.15. The van der Waals surface area contributed by atoms with Gasteiger partial charge in [0.25, 0.3) is 0 Å². The number of ether oxygens (including phenoxy) is 1. The summed E-state index contributed by atoms with van der Waals surface area (Å²) >= 11 is 6.20. The average molecular weight is 291 g/mol. The molecule has 0 saturated carbocycles. The first-order chi connectivity index (χ1) is 9.65. The Morgan fingerprint density at radius 1 is 1.25 bits per heavy atom. The fourth-order valence-electron chi connectivity index (χ4n) is 2.21. The summed E-state index contributed by atoms with van der Waals surface area (Å²) in [7, 11) is 1.67. The van der Waals surface area contributed by atoms with Gasteiger partial charge in [0.05, 0.1) is 13.2 Å². The smallest absolute Gasteiger partial charge is 0.122 e. The van der Waals surface area contributed by atoms with Crippen molar-refractivity contribution < 1.29 is 4.74 Å². The second-order valence-electron chi connectivity index (χ2n) is 4.74. The molecule has 2 rings (SSSR count). The Bertz CT molecular complexity index is 586. The van der Waals surface area contributed by atoms with Crippen molar-refractivity contribution in [1.29, 1.82) is 0 Å². The highest BCUT2D eigenvalue weighted by Crippen LogP contribution is 2.27. The third-order valence-corrected chi connectivity index (χ3v) is 3.79. The fourth-order valence-corrected chi connectivity index (χ4v) is 2.42. The van der Waals surface area contributed by atoms with E-state index in [0.29, 0.717) is 0 Å². The third kappa shape index (κ3) is 3.31. The standard InChI is InChI=1S/C16H19ClN2O/c1-11-7-8-13(10-16(11)20-2)15(19-18)9-12-5-3-4-6-14(12)17/h3-8,10,15,19H,9,18H2,1-2H3. The van der Waals surface area contributed by atoms with Crippen molar-refractivity contribution in [3.8, 4) is 5.75 Å². The zero-order valence-corrected chi connectivity index (χ0v) is 12.4. The van der Waals surface area contributed by atoms with Crippen molar-refractivity contribution in [1.82, 2.24) is 5.43 Å². The summed E-state index contributed by atoms with van der Waals surface area (Å²) in [6, 6.07) is 13.9. The van der Waals surface area contributed by atoms with Crippen molar-refractivity contribution in [3.05, 3.63) is 64.2 Å². The van der Waals surface area contributed by atoms with Crippen LogP contribution in [0.2, 0.25) is 5.02 Å². The summed E-state index contributed by atoms with van der Waals surface area (Å²) in [4.78, 5) is 0. The summed E-state index contributed by atoms with van der Waals surface area (Å²) in [5.74, 6) is 6.56. The highest BCUT2D eigenvalue weighted by Gasteiger charge is 2.14. The molecule has 1 unspecified atom stereocenters. The van der Waals surface area contributed by atoms with Gasteiger partial charge >= 0.3 is 0 Å². The van der Waals surface area contributed by atoms with Crippen molar-refractivity contribution >= 4 is 11.6 Å². The maximum Gasteiger partial charge on any atom is 0.122 e. The van der Waals surface area contributed by atoms with Gasteiger partial charge in [0, 0.05) is 5.02 Å². The lowest BCUT2D eigenvalue weighted by Gasteiger charge is -2.18. The molecule has 106 valence electrons. The summed E-state index contributed by atoms with van der Waals surface area (Å²) in [5, 5.41) is 0.756. The highest BCUT2D eigenvalue weighted by atomic mass is 35.5. The summed E-state index contributed by atoms with van der Waals surface area (Å²) in [5.41, 5.74) is 6.10. The van der Waals surface area contributed by atoms with Gasteiger partial charge in [0.2, 0.25) is 0 Å².